The van der Waals surface area contributed by atoms with Gasteiger partial charge in [0.1, 0.15) is 0 Å². The number of hydrogen-bond acceptors (Lipinski definition) is 5. The quantitative estimate of drug-likeness (QED) is 0.634. The van der Waals surface area contributed by atoms with Crippen molar-refractivity contribution in [2.45, 2.75) is 101 Å². The lowest BCUT2D eigenvalue weighted by atomic mass is 9.73. The van der Waals surface area contributed by atoms with E-state index in [2.05, 4.69) is 22.9 Å². The Morgan fingerprint density at radius 1 is 1.12 bits per heavy atom. The van der Waals surface area contributed by atoms with Crippen LogP contribution in [0, 0.1) is 5.41 Å². The van der Waals surface area contributed by atoms with Gasteiger partial charge in [-0.1, -0.05) is 0 Å². The van der Waals surface area contributed by atoms with Gasteiger partial charge < -0.3 is 29.3 Å². The minimum absolute atomic E-state index is 0.187. The molecule has 4 saturated heterocycles. The number of ether oxygens (including phenoxy) is 2. The smallest absolute Gasteiger partial charge is 0.407 e. The molecule has 0 aromatic rings. The second-order valence-electron chi connectivity index (χ2n) is 11.1. The number of carbonyl (C=O) groups excluding carboxylic acids is 1. The van der Waals surface area contributed by atoms with Crippen molar-refractivity contribution in [1.82, 2.24) is 14.7 Å². The molecule has 0 radical (unpaired) electrons. The lowest BCUT2D eigenvalue weighted by Crippen LogP contribution is -2.55. The van der Waals surface area contributed by atoms with Crippen LogP contribution in [0.4, 0.5) is 4.79 Å². The van der Waals surface area contributed by atoms with Crippen LogP contribution in [0.25, 0.3) is 0 Å². The molecule has 4 atom stereocenters. The molecule has 1 spiro atoms. The zero-order valence-electron chi connectivity index (χ0n) is 20.8. The van der Waals surface area contributed by atoms with Crippen LogP contribution in [-0.4, -0.2) is 95.5 Å². The van der Waals surface area contributed by atoms with Crippen molar-refractivity contribution in [2.24, 2.45) is 5.41 Å². The molecule has 5 heterocycles. The van der Waals surface area contributed by atoms with E-state index in [9.17, 15) is 14.7 Å². The largest absolute Gasteiger partial charge is 0.465 e. The Kier molecular flexibility index (Phi) is 6.93. The normalized spacial score (nSPS) is 32.9. The second kappa shape index (κ2) is 9.78. The molecule has 8 nitrogen and oxygen atoms in total. The molecule has 0 aromatic carbocycles. The van der Waals surface area contributed by atoms with Gasteiger partial charge in [-0.05, 0) is 76.7 Å². The first-order chi connectivity index (χ1) is 16.4. The number of methoxy groups -OCH3 is 1. The summed E-state index contributed by atoms with van der Waals surface area (Å²) in [4.78, 5) is 31.8. The molecule has 2 amide bonds. The Balaban J connectivity index is 1.22. The summed E-state index contributed by atoms with van der Waals surface area (Å²) in [5, 5.41) is 9.56. The van der Waals surface area contributed by atoms with Crippen LogP contribution in [0.3, 0.4) is 0 Å². The first-order valence-electron chi connectivity index (χ1n) is 13.3. The predicted octanol–water partition coefficient (Wildman–Crippen LogP) is 3.46. The molecule has 190 valence electrons. The Bertz CT molecular complexity index is 788. The zero-order chi connectivity index (χ0) is 23.9. The number of amides is 2. The molecular formula is C26H41N3O5. The average molecular weight is 476 g/mol. The lowest BCUT2D eigenvalue weighted by molar-refractivity contribution is -0.142. The highest BCUT2D eigenvalue weighted by atomic mass is 16.5. The van der Waals surface area contributed by atoms with Crippen LogP contribution >= 0.6 is 0 Å². The molecule has 4 fully saturated rings. The van der Waals surface area contributed by atoms with E-state index in [0.717, 1.165) is 77.3 Å². The summed E-state index contributed by atoms with van der Waals surface area (Å²) < 4.78 is 11.1. The highest BCUT2D eigenvalue weighted by Gasteiger charge is 2.51. The van der Waals surface area contributed by atoms with Crippen molar-refractivity contribution in [3.05, 3.63) is 11.8 Å². The lowest BCUT2D eigenvalue weighted by Gasteiger charge is -2.45. The Hall–Kier alpha value is -1.64. The topological polar surface area (TPSA) is 82.5 Å². The summed E-state index contributed by atoms with van der Waals surface area (Å²) in [7, 11) is 1.75. The van der Waals surface area contributed by atoms with E-state index in [1.54, 1.807) is 12.0 Å². The summed E-state index contributed by atoms with van der Waals surface area (Å²) in [5.41, 5.74) is 0.913. The summed E-state index contributed by atoms with van der Waals surface area (Å²) in [5.74, 6) is 0.294. The molecular weight excluding hydrogens is 434 g/mol. The van der Waals surface area contributed by atoms with E-state index >= 15 is 0 Å². The molecule has 0 aliphatic carbocycles. The van der Waals surface area contributed by atoms with Gasteiger partial charge in [-0.25, -0.2) is 4.79 Å². The van der Waals surface area contributed by atoms with Crippen molar-refractivity contribution in [3.63, 3.8) is 0 Å². The van der Waals surface area contributed by atoms with E-state index in [4.69, 9.17) is 9.47 Å². The van der Waals surface area contributed by atoms with Crippen molar-refractivity contribution >= 4 is 12.0 Å². The van der Waals surface area contributed by atoms with Crippen LogP contribution < -0.4 is 0 Å². The maximum Gasteiger partial charge on any atom is 0.407 e. The number of fused-ring (bicyclic) bond motifs is 2. The van der Waals surface area contributed by atoms with Gasteiger partial charge in [0.2, 0.25) is 5.91 Å². The minimum Gasteiger partial charge on any atom is -0.465 e. The first kappa shape index (κ1) is 24.1. The van der Waals surface area contributed by atoms with E-state index in [1.807, 2.05) is 0 Å². The van der Waals surface area contributed by atoms with Crippen molar-refractivity contribution < 1.29 is 24.2 Å². The third-order valence-electron chi connectivity index (χ3n) is 9.46. The molecule has 5 aliphatic heterocycles. The van der Waals surface area contributed by atoms with E-state index < -0.39 is 6.09 Å². The molecule has 34 heavy (non-hydrogen) atoms. The number of carboxylic acid groups (broad SMARTS) is 1. The van der Waals surface area contributed by atoms with Gasteiger partial charge in [0, 0.05) is 63.8 Å². The molecule has 5 aliphatic rings. The van der Waals surface area contributed by atoms with Crippen molar-refractivity contribution in [3.8, 4) is 0 Å². The minimum atomic E-state index is -0.748. The SMILES string of the molecule is COC(C)CCC1=CN(C2CCN(C3CC4CC[C@H](C3)N4C(=O)O)CC2)C(=O)C12CCOCC2. The zero-order valence-corrected chi connectivity index (χ0v) is 20.8. The van der Waals surface area contributed by atoms with E-state index in [-0.39, 0.29) is 29.6 Å². The molecule has 2 bridgehead atoms. The number of carbonyl (C=O) groups is 2. The maximum atomic E-state index is 13.8. The molecule has 5 rings (SSSR count). The maximum absolute atomic E-state index is 13.8. The fourth-order valence-corrected chi connectivity index (χ4v) is 7.33. The van der Waals surface area contributed by atoms with Crippen LogP contribution in [0.1, 0.15) is 71.1 Å². The monoisotopic (exact) mass is 475 g/mol. The number of hydrogen-bond donors (Lipinski definition) is 1. The summed E-state index contributed by atoms with van der Waals surface area (Å²) in [6, 6.07) is 1.11. The Morgan fingerprint density at radius 2 is 1.76 bits per heavy atom. The standard InChI is InChI=1S/C26H41N3O5/c1-18(33-2)3-4-19-17-28(24(30)26(19)9-13-34-14-10-26)20-7-11-27(12-8-20)23-15-21-5-6-22(16-23)29(21)25(31)32/h17-18,20-23H,3-16H2,1-2H3,(H,31,32)/t18?,21-,22?,23?/m1/s1. The Morgan fingerprint density at radius 3 is 2.35 bits per heavy atom. The first-order valence-corrected chi connectivity index (χ1v) is 13.3. The number of piperidine rings is 2. The van der Waals surface area contributed by atoms with Gasteiger partial charge in [0.25, 0.3) is 0 Å². The van der Waals surface area contributed by atoms with Gasteiger partial charge >= 0.3 is 6.09 Å². The average Bonchev–Trinajstić information content (AvgIpc) is 3.28. The highest BCUT2D eigenvalue weighted by molar-refractivity contribution is 5.90. The predicted molar refractivity (Wildman–Crippen MR) is 127 cm³/mol. The summed E-state index contributed by atoms with van der Waals surface area (Å²) in [6.45, 7) is 5.39. The summed E-state index contributed by atoms with van der Waals surface area (Å²) in [6.07, 6.45) is 11.0. The fraction of sp³-hybridized carbons (Fsp3) is 0.846. The molecule has 8 heteroatoms. The van der Waals surface area contributed by atoms with Gasteiger partial charge in [0.15, 0.2) is 0 Å². The van der Waals surface area contributed by atoms with Gasteiger partial charge in [0.05, 0.1) is 11.5 Å². The number of nitrogens with zero attached hydrogens (tertiary/aromatic N) is 3. The van der Waals surface area contributed by atoms with Crippen molar-refractivity contribution in [1.29, 1.82) is 0 Å². The van der Waals surface area contributed by atoms with Gasteiger partial charge in [-0.3, -0.25) is 4.79 Å². The third kappa shape index (κ3) is 4.26. The molecule has 0 saturated carbocycles. The van der Waals surface area contributed by atoms with Crippen LogP contribution in [0.5, 0.6) is 0 Å². The second-order valence-corrected chi connectivity index (χ2v) is 11.1. The van der Waals surface area contributed by atoms with E-state index in [0.29, 0.717) is 25.2 Å². The van der Waals surface area contributed by atoms with Crippen LogP contribution in [0.15, 0.2) is 11.8 Å². The van der Waals surface area contributed by atoms with Gasteiger partial charge in [-0.15, -0.1) is 0 Å². The van der Waals surface area contributed by atoms with Crippen LogP contribution in [0.2, 0.25) is 0 Å². The fourth-order valence-electron chi connectivity index (χ4n) is 7.33. The van der Waals surface area contributed by atoms with Crippen LogP contribution in [-0.2, 0) is 14.3 Å². The summed E-state index contributed by atoms with van der Waals surface area (Å²) >= 11 is 0. The molecule has 3 unspecified atom stereocenters. The molecule has 0 aromatic heterocycles. The van der Waals surface area contributed by atoms with Gasteiger partial charge in [-0.2, -0.15) is 0 Å². The number of rotatable bonds is 6. The number of likely N-dealkylation sites (tertiary alicyclic amines) is 1. The van der Waals surface area contributed by atoms with Crippen molar-refractivity contribution in [2.75, 3.05) is 33.4 Å². The third-order valence-corrected chi connectivity index (χ3v) is 9.46. The van der Waals surface area contributed by atoms with E-state index in [1.165, 1.54) is 5.57 Å². The Labute approximate surface area is 203 Å². The molecule has 1 N–H and O–H groups in total. The highest BCUT2D eigenvalue weighted by Crippen LogP contribution is 2.48.